The predicted molar refractivity (Wildman–Crippen MR) is 78.4 cm³/mol. The zero-order valence-electron chi connectivity index (χ0n) is 12.1. The number of nitrogens with zero attached hydrogens (tertiary/aromatic N) is 1. The lowest BCUT2D eigenvalue weighted by Gasteiger charge is -2.24. The molecule has 0 heterocycles. The Morgan fingerprint density at radius 3 is 2.33 bits per heavy atom. The van der Waals surface area contributed by atoms with Gasteiger partial charge in [0.25, 0.3) is 0 Å². The number of anilines is 1. The van der Waals surface area contributed by atoms with E-state index in [0.29, 0.717) is 11.4 Å². The van der Waals surface area contributed by atoms with Gasteiger partial charge in [-0.15, -0.1) is 0 Å². The zero-order valence-corrected chi connectivity index (χ0v) is 12.1. The summed E-state index contributed by atoms with van der Waals surface area (Å²) in [5, 5.41) is 10.1. The molecular weight excluding hydrogens is 224 g/mol. The minimum absolute atomic E-state index is 0.302. The van der Waals surface area contributed by atoms with E-state index in [0.717, 1.165) is 28.6 Å². The molecule has 18 heavy (non-hydrogen) atoms. The molecule has 0 saturated heterocycles. The van der Waals surface area contributed by atoms with E-state index >= 15 is 0 Å². The lowest BCUT2D eigenvalue weighted by Crippen LogP contribution is -2.36. The molecule has 0 aliphatic carbocycles. The van der Waals surface area contributed by atoms with Gasteiger partial charge in [-0.1, -0.05) is 11.6 Å². The van der Waals surface area contributed by atoms with Crippen LogP contribution in [-0.4, -0.2) is 37.3 Å². The van der Waals surface area contributed by atoms with Gasteiger partial charge in [-0.25, -0.2) is 0 Å². The number of nitrogen functional groups attached to an aromatic ring is 1. The van der Waals surface area contributed by atoms with Crippen LogP contribution in [0, 0.1) is 0 Å². The lowest BCUT2D eigenvalue weighted by atomic mass is 10.0. The first kappa shape index (κ1) is 14.6. The molecule has 0 saturated carbocycles. The second-order valence-electron chi connectivity index (χ2n) is 6.09. The fourth-order valence-corrected chi connectivity index (χ4v) is 1.84. The fourth-order valence-electron chi connectivity index (χ4n) is 1.84. The molecule has 1 aromatic carbocycles. The maximum Gasteiger partial charge on any atom is 0.121 e. The number of rotatable bonds is 4. The number of allylic oxidation sites excluding steroid dienone is 1. The third kappa shape index (κ3) is 4.41. The predicted octanol–water partition coefficient (Wildman–Crippen LogP) is 2.65. The van der Waals surface area contributed by atoms with Crippen molar-refractivity contribution in [1.82, 2.24) is 0 Å². The molecule has 0 unspecified atom stereocenters. The summed E-state index contributed by atoms with van der Waals surface area (Å²) in [4.78, 5) is 0. The second-order valence-corrected chi connectivity index (χ2v) is 6.09. The van der Waals surface area contributed by atoms with Crippen LogP contribution in [0.5, 0.6) is 5.75 Å². The molecule has 0 radical (unpaired) electrons. The third-order valence-corrected chi connectivity index (χ3v) is 2.77. The molecule has 1 rings (SSSR count). The number of hydrogen-bond donors (Lipinski definition) is 2. The first-order valence-corrected chi connectivity index (χ1v) is 6.26. The molecule has 3 heteroatoms. The van der Waals surface area contributed by atoms with Gasteiger partial charge in [-0.3, -0.25) is 0 Å². The van der Waals surface area contributed by atoms with Crippen molar-refractivity contribution in [1.29, 1.82) is 0 Å². The Morgan fingerprint density at radius 1 is 1.28 bits per heavy atom. The van der Waals surface area contributed by atoms with Gasteiger partial charge < -0.3 is 15.3 Å². The molecule has 0 spiro atoms. The summed E-state index contributed by atoms with van der Waals surface area (Å²) in [5.74, 6) is 0.302. The largest absolute Gasteiger partial charge is 0.508 e. The van der Waals surface area contributed by atoms with Gasteiger partial charge in [0.15, 0.2) is 0 Å². The summed E-state index contributed by atoms with van der Waals surface area (Å²) in [6.45, 7) is 5.00. The highest BCUT2D eigenvalue weighted by Crippen LogP contribution is 2.27. The number of benzene rings is 1. The smallest absolute Gasteiger partial charge is 0.121 e. The Bertz CT molecular complexity index is 429. The van der Waals surface area contributed by atoms with E-state index in [1.165, 1.54) is 5.57 Å². The molecule has 0 aliphatic heterocycles. The first-order valence-electron chi connectivity index (χ1n) is 6.26. The van der Waals surface area contributed by atoms with Crippen molar-refractivity contribution in [3.05, 3.63) is 28.8 Å². The summed E-state index contributed by atoms with van der Waals surface area (Å²) < 4.78 is 0.856. The van der Waals surface area contributed by atoms with Crippen molar-refractivity contribution in [2.24, 2.45) is 0 Å². The normalized spacial score (nSPS) is 11.4. The van der Waals surface area contributed by atoms with Crippen LogP contribution in [0.25, 0.3) is 6.08 Å². The molecule has 100 valence electrons. The molecule has 0 amide bonds. The maximum absolute atomic E-state index is 10.1. The Hall–Kier alpha value is -1.48. The van der Waals surface area contributed by atoms with Crippen LogP contribution in [0.2, 0.25) is 0 Å². The van der Waals surface area contributed by atoms with E-state index in [1.807, 2.05) is 26.0 Å². The van der Waals surface area contributed by atoms with Crippen LogP contribution in [0.15, 0.2) is 17.7 Å². The van der Waals surface area contributed by atoms with E-state index in [2.05, 4.69) is 21.1 Å². The molecule has 3 nitrogen and oxygen atoms in total. The Kier molecular flexibility index (Phi) is 4.41. The topological polar surface area (TPSA) is 46.2 Å². The number of phenolic OH excluding ortho intramolecular Hbond substituents is 1. The molecule has 0 bridgehead atoms. The summed E-state index contributed by atoms with van der Waals surface area (Å²) in [6, 6.07) is 3.71. The Balaban J connectivity index is 2.98. The quantitative estimate of drug-likeness (QED) is 0.636. The molecule has 1 aromatic rings. The second kappa shape index (κ2) is 5.44. The minimum atomic E-state index is 0.302. The number of quaternary nitrogens is 1. The molecule has 0 aromatic heterocycles. The SMILES string of the molecule is CC(C)=Cc1cc(N)c(CC[N+](C)(C)C)c(O)c1. The van der Waals surface area contributed by atoms with Gasteiger partial charge in [0, 0.05) is 17.7 Å². The summed E-state index contributed by atoms with van der Waals surface area (Å²) >= 11 is 0. The molecule has 0 aliphatic rings. The zero-order chi connectivity index (χ0) is 13.9. The van der Waals surface area contributed by atoms with Gasteiger partial charge in [0.1, 0.15) is 5.75 Å². The van der Waals surface area contributed by atoms with Crippen molar-refractivity contribution in [2.45, 2.75) is 20.3 Å². The van der Waals surface area contributed by atoms with Crippen LogP contribution in [0.3, 0.4) is 0 Å². The van der Waals surface area contributed by atoms with Gasteiger partial charge in [-0.05, 0) is 31.5 Å². The molecule has 0 fully saturated rings. The number of hydrogen-bond acceptors (Lipinski definition) is 2. The van der Waals surface area contributed by atoms with Gasteiger partial charge in [-0.2, -0.15) is 0 Å². The molecular formula is C15H25N2O+. The molecule has 0 atom stereocenters. The van der Waals surface area contributed by atoms with E-state index in [4.69, 9.17) is 5.73 Å². The number of nitrogens with two attached hydrogens (primary N) is 1. The van der Waals surface area contributed by atoms with Crippen molar-refractivity contribution < 1.29 is 9.59 Å². The lowest BCUT2D eigenvalue weighted by molar-refractivity contribution is -0.870. The van der Waals surface area contributed by atoms with Crippen LogP contribution >= 0.6 is 0 Å². The Labute approximate surface area is 110 Å². The first-order chi connectivity index (χ1) is 8.19. The van der Waals surface area contributed by atoms with Crippen LogP contribution in [0.4, 0.5) is 5.69 Å². The summed E-state index contributed by atoms with van der Waals surface area (Å²) in [6.07, 6.45) is 2.80. The van der Waals surface area contributed by atoms with Crippen molar-refractivity contribution in [3.63, 3.8) is 0 Å². The van der Waals surface area contributed by atoms with E-state index in [-0.39, 0.29) is 0 Å². The van der Waals surface area contributed by atoms with E-state index in [1.54, 1.807) is 6.07 Å². The maximum atomic E-state index is 10.1. The van der Waals surface area contributed by atoms with Gasteiger partial charge in [0.05, 0.1) is 27.7 Å². The Morgan fingerprint density at radius 2 is 1.89 bits per heavy atom. The van der Waals surface area contributed by atoms with Crippen LogP contribution in [0.1, 0.15) is 25.0 Å². The van der Waals surface area contributed by atoms with Crippen LogP contribution in [-0.2, 0) is 6.42 Å². The minimum Gasteiger partial charge on any atom is -0.508 e. The van der Waals surface area contributed by atoms with Crippen molar-refractivity contribution in [3.8, 4) is 5.75 Å². The van der Waals surface area contributed by atoms with Crippen molar-refractivity contribution in [2.75, 3.05) is 33.4 Å². The highest BCUT2D eigenvalue weighted by molar-refractivity contribution is 5.64. The van der Waals surface area contributed by atoms with E-state index in [9.17, 15) is 5.11 Å². The molecule has 3 N–H and O–H groups in total. The van der Waals surface area contributed by atoms with Gasteiger partial charge in [0.2, 0.25) is 0 Å². The fraction of sp³-hybridized carbons (Fsp3) is 0.467. The van der Waals surface area contributed by atoms with E-state index < -0.39 is 0 Å². The third-order valence-electron chi connectivity index (χ3n) is 2.77. The highest BCUT2D eigenvalue weighted by atomic mass is 16.3. The van der Waals surface area contributed by atoms with Crippen molar-refractivity contribution >= 4 is 11.8 Å². The average Bonchev–Trinajstić information content (AvgIpc) is 2.12. The van der Waals surface area contributed by atoms with Gasteiger partial charge >= 0.3 is 0 Å². The monoisotopic (exact) mass is 249 g/mol. The average molecular weight is 249 g/mol. The number of phenols is 1. The standard InChI is InChI=1S/C15H24N2O/c1-11(2)8-12-9-14(16)13(15(18)10-12)6-7-17(3,4)5/h8-10H,6-7,16H2,1-5H3/p+1. The summed E-state index contributed by atoms with van der Waals surface area (Å²) in [7, 11) is 6.39. The summed E-state index contributed by atoms with van der Waals surface area (Å²) in [5.41, 5.74) is 9.71. The number of likely N-dealkylation sites (N-methyl/N-ethyl adjacent to an activating group) is 1. The number of aromatic hydroxyl groups is 1. The highest BCUT2D eigenvalue weighted by Gasteiger charge is 2.13. The van der Waals surface area contributed by atoms with Crippen LogP contribution < -0.4 is 5.73 Å².